The van der Waals surface area contributed by atoms with Crippen molar-refractivity contribution < 1.29 is 19.4 Å². The lowest BCUT2D eigenvalue weighted by molar-refractivity contribution is 0.0978. The summed E-state index contributed by atoms with van der Waals surface area (Å²) < 4.78 is 7.63. The molecule has 1 aliphatic rings. The quantitative estimate of drug-likeness (QED) is 0.325. The first kappa shape index (κ1) is 24.2. The molecule has 3 aromatic rings. The van der Waals surface area contributed by atoms with Crippen LogP contribution in [0.5, 0.6) is 0 Å². The van der Waals surface area contributed by atoms with Crippen LogP contribution in [0.1, 0.15) is 46.5 Å². The Morgan fingerprint density at radius 1 is 1.21 bits per heavy atom. The lowest BCUT2D eigenvalue weighted by Crippen LogP contribution is -2.25. The minimum atomic E-state index is -0.402. The number of hydrogen-bond donors (Lipinski definition) is 1. The molecule has 7 nitrogen and oxygen atoms in total. The largest absolute Gasteiger partial charge is 0.444 e. The van der Waals surface area contributed by atoms with Gasteiger partial charge in [-0.1, -0.05) is 11.6 Å². The van der Waals surface area contributed by atoms with E-state index in [9.17, 15) is 19.5 Å². The lowest BCUT2D eigenvalue weighted by atomic mass is 10.1. The number of hydrogen-bond acceptors (Lipinski definition) is 6. The van der Waals surface area contributed by atoms with E-state index in [0.29, 0.717) is 45.5 Å². The van der Waals surface area contributed by atoms with Gasteiger partial charge in [-0.3, -0.25) is 19.1 Å². The third-order valence-electron chi connectivity index (χ3n) is 5.85. The number of ether oxygens (including phenoxy) is 1. The maximum Gasteiger partial charge on any atom is 0.414 e. The number of aliphatic hydroxyl groups excluding tert-OH is 1. The molecular formula is C25H25ClN2O5S. The summed E-state index contributed by atoms with van der Waals surface area (Å²) in [7, 11) is 0. The molecular weight excluding hydrogens is 476 g/mol. The molecule has 0 bridgehead atoms. The van der Waals surface area contributed by atoms with E-state index < -0.39 is 6.09 Å². The van der Waals surface area contributed by atoms with Gasteiger partial charge in [-0.15, -0.1) is 11.3 Å². The van der Waals surface area contributed by atoms with Crippen molar-refractivity contribution in [1.82, 2.24) is 4.57 Å². The molecule has 1 N–H and O–H groups in total. The molecule has 1 atom stereocenters. The minimum absolute atomic E-state index is 0.0844. The summed E-state index contributed by atoms with van der Waals surface area (Å²) in [6.45, 7) is 1.98. The topological polar surface area (TPSA) is 88.8 Å². The standard InChI is InChI=1S/C25H25ClN2O5S/c1-16-13-18(8-9-20(16)27-12-4-5-17(15-29)24(27)31)28-14-19(33-25(28)32)6-2-3-7-21(30)22-10-11-23(26)34-22/h4-5,8-13,19,29H,2-3,6-7,14-15H2,1H3/t19-/m0/s1. The third kappa shape index (κ3) is 5.24. The predicted octanol–water partition coefficient (Wildman–Crippen LogP) is 5.12. The smallest absolute Gasteiger partial charge is 0.414 e. The Morgan fingerprint density at radius 2 is 2.03 bits per heavy atom. The van der Waals surface area contributed by atoms with Crippen molar-refractivity contribution in [2.24, 2.45) is 0 Å². The number of thiophene rings is 1. The van der Waals surface area contributed by atoms with Crippen LogP contribution < -0.4 is 10.5 Å². The number of carbonyl (C=O) groups excluding carboxylic acids is 2. The fraction of sp³-hybridized carbons (Fsp3) is 0.320. The molecule has 1 saturated heterocycles. The SMILES string of the molecule is Cc1cc(N2C[C@H](CCCCC(=O)c3ccc(Cl)s3)OC2=O)ccc1-n1cccc(CO)c1=O. The van der Waals surface area contributed by atoms with Gasteiger partial charge in [0.15, 0.2) is 5.78 Å². The molecule has 34 heavy (non-hydrogen) atoms. The number of ketones is 1. The molecule has 1 amide bonds. The molecule has 0 spiro atoms. The summed E-state index contributed by atoms with van der Waals surface area (Å²) in [5.41, 5.74) is 2.24. The first-order chi connectivity index (χ1) is 16.4. The Morgan fingerprint density at radius 3 is 2.74 bits per heavy atom. The number of aryl methyl sites for hydroxylation is 1. The first-order valence-electron chi connectivity index (χ1n) is 11.1. The van der Waals surface area contributed by atoms with Crippen LogP contribution in [0.3, 0.4) is 0 Å². The Bertz CT molecular complexity index is 1270. The van der Waals surface area contributed by atoms with Crippen molar-refractivity contribution in [3.63, 3.8) is 0 Å². The van der Waals surface area contributed by atoms with Gasteiger partial charge >= 0.3 is 6.09 Å². The van der Waals surface area contributed by atoms with Gasteiger partial charge in [0.25, 0.3) is 5.56 Å². The van der Waals surface area contributed by atoms with Crippen LogP contribution in [0.25, 0.3) is 5.69 Å². The van der Waals surface area contributed by atoms with Gasteiger partial charge in [0.05, 0.1) is 28.1 Å². The monoisotopic (exact) mass is 500 g/mol. The Labute approximate surface area is 206 Å². The summed E-state index contributed by atoms with van der Waals surface area (Å²) in [5, 5.41) is 9.37. The fourth-order valence-corrected chi connectivity index (χ4v) is 5.06. The third-order valence-corrected chi connectivity index (χ3v) is 7.12. The van der Waals surface area contributed by atoms with E-state index in [1.807, 2.05) is 13.0 Å². The lowest BCUT2D eigenvalue weighted by Gasteiger charge is -2.16. The van der Waals surface area contributed by atoms with E-state index in [4.69, 9.17) is 16.3 Å². The van der Waals surface area contributed by atoms with Crippen LogP contribution >= 0.6 is 22.9 Å². The second-order valence-corrected chi connectivity index (χ2v) is 9.94. The van der Waals surface area contributed by atoms with E-state index in [0.717, 1.165) is 18.4 Å². The number of carbonyl (C=O) groups is 2. The number of Topliss-reactive ketones (excluding diaryl/α,β-unsaturated/α-hetero) is 1. The maximum absolute atomic E-state index is 12.5. The Hall–Kier alpha value is -2.94. The Balaban J connectivity index is 1.35. The van der Waals surface area contributed by atoms with Gasteiger partial charge in [0, 0.05) is 23.9 Å². The number of cyclic esters (lactones) is 1. The number of amides is 1. The number of rotatable bonds is 9. The molecule has 1 fully saturated rings. The van der Waals surface area contributed by atoms with Crippen LogP contribution in [-0.4, -0.2) is 34.2 Å². The van der Waals surface area contributed by atoms with Crippen LogP contribution in [0.4, 0.5) is 10.5 Å². The normalized spacial score (nSPS) is 15.6. The zero-order chi connectivity index (χ0) is 24.2. The van der Waals surface area contributed by atoms with Gasteiger partial charge in [-0.05, 0) is 74.2 Å². The van der Waals surface area contributed by atoms with E-state index in [-0.39, 0.29) is 24.1 Å². The summed E-state index contributed by atoms with van der Waals surface area (Å²) in [6.07, 6.45) is 3.64. The highest BCUT2D eigenvalue weighted by Gasteiger charge is 2.32. The zero-order valence-electron chi connectivity index (χ0n) is 18.7. The van der Waals surface area contributed by atoms with Crippen LogP contribution in [0.2, 0.25) is 4.34 Å². The average Bonchev–Trinajstić information content (AvgIpc) is 3.42. The first-order valence-corrected chi connectivity index (χ1v) is 12.3. The molecule has 4 rings (SSSR count). The van der Waals surface area contributed by atoms with Crippen molar-refractivity contribution in [3.05, 3.63) is 79.4 Å². The van der Waals surface area contributed by atoms with Crippen molar-refractivity contribution in [1.29, 1.82) is 0 Å². The van der Waals surface area contributed by atoms with Crippen molar-refractivity contribution in [2.75, 3.05) is 11.4 Å². The molecule has 1 aliphatic heterocycles. The maximum atomic E-state index is 12.5. The second-order valence-electron chi connectivity index (χ2n) is 8.23. The summed E-state index contributed by atoms with van der Waals surface area (Å²) in [5.74, 6) is 0.0844. The molecule has 0 aliphatic carbocycles. The van der Waals surface area contributed by atoms with Gasteiger partial charge in [-0.2, -0.15) is 0 Å². The molecule has 1 aromatic carbocycles. The number of aromatic nitrogens is 1. The van der Waals surface area contributed by atoms with Gasteiger partial charge in [0.1, 0.15) is 6.10 Å². The van der Waals surface area contributed by atoms with E-state index in [1.165, 1.54) is 15.9 Å². The summed E-state index contributed by atoms with van der Waals surface area (Å²) >= 11 is 7.18. The average molecular weight is 501 g/mol. The van der Waals surface area contributed by atoms with Gasteiger partial charge < -0.3 is 9.84 Å². The fourth-order valence-electron chi connectivity index (χ4n) is 4.05. The van der Waals surface area contributed by atoms with Crippen LogP contribution in [0.15, 0.2) is 53.5 Å². The van der Waals surface area contributed by atoms with Crippen molar-refractivity contribution in [3.8, 4) is 5.69 Å². The van der Waals surface area contributed by atoms with Gasteiger partial charge in [-0.25, -0.2) is 4.79 Å². The Kier molecular flexibility index (Phi) is 7.50. The zero-order valence-corrected chi connectivity index (χ0v) is 20.3. The highest BCUT2D eigenvalue weighted by atomic mass is 35.5. The summed E-state index contributed by atoms with van der Waals surface area (Å²) in [6, 6.07) is 12.2. The summed E-state index contributed by atoms with van der Waals surface area (Å²) in [4.78, 5) is 39.5. The molecule has 0 radical (unpaired) electrons. The number of aliphatic hydroxyl groups is 1. The number of halogens is 1. The molecule has 178 valence electrons. The highest BCUT2D eigenvalue weighted by Crippen LogP contribution is 2.28. The number of benzene rings is 1. The van der Waals surface area contributed by atoms with E-state index >= 15 is 0 Å². The van der Waals surface area contributed by atoms with Crippen molar-refractivity contribution >= 4 is 40.5 Å². The predicted molar refractivity (Wildman–Crippen MR) is 132 cm³/mol. The molecule has 2 aromatic heterocycles. The van der Waals surface area contributed by atoms with Crippen molar-refractivity contribution in [2.45, 2.75) is 45.3 Å². The number of unbranched alkanes of at least 4 members (excludes halogenated alkanes) is 1. The molecule has 9 heteroatoms. The molecule has 3 heterocycles. The number of nitrogens with zero attached hydrogens (tertiary/aromatic N) is 2. The number of pyridine rings is 1. The molecule has 0 unspecified atom stereocenters. The molecule has 0 saturated carbocycles. The minimum Gasteiger partial charge on any atom is -0.444 e. The van der Waals surface area contributed by atoms with E-state index in [2.05, 4.69) is 0 Å². The van der Waals surface area contributed by atoms with E-state index in [1.54, 1.807) is 47.5 Å². The number of anilines is 1. The highest BCUT2D eigenvalue weighted by molar-refractivity contribution is 7.18. The van der Waals surface area contributed by atoms with Crippen LogP contribution in [0, 0.1) is 6.92 Å². The van der Waals surface area contributed by atoms with Gasteiger partial charge in [0.2, 0.25) is 0 Å². The van der Waals surface area contributed by atoms with Crippen LogP contribution in [-0.2, 0) is 11.3 Å². The second kappa shape index (κ2) is 10.5.